The lowest BCUT2D eigenvalue weighted by atomic mass is 10.2. The van der Waals surface area contributed by atoms with Crippen molar-refractivity contribution < 1.29 is 9.53 Å². The fourth-order valence-electron chi connectivity index (χ4n) is 3.17. The summed E-state index contributed by atoms with van der Waals surface area (Å²) in [5.74, 6) is 0.233. The monoisotopic (exact) mass is 417 g/mol. The number of aromatic nitrogens is 1. The third-order valence-electron chi connectivity index (χ3n) is 4.59. The third-order valence-corrected chi connectivity index (χ3v) is 4.84. The topological polar surface area (TPSA) is 55.6 Å². The number of hydrogen-bond donors (Lipinski definition) is 1. The Kier molecular flexibility index (Phi) is 6.11. The highest BCUT2D eigenvalue weighted by molar-refractivity contribution is 6.30. The Labute approximate surface area is 179 Å². The highest BCUT2D eigenvalue weighted by atomic mass is 35.5. The number of para-hydroxylation sites is 1. The van der Waals surface area contributed by atoms with Crippen molar-refractivity contribution in [1.82, 2.24) is 9.99 Å². The fourth-order valence-corrected chi connectivity index (χ4v) is 3.30. The van der Waals surface area contributed by atoms with Gasteiger partial charge in [0.25, 0.3) is 5.91 Å². The molecule has 1 N–H and O–H groups in total. The van der Waals surface area contributed by atoms with Crippen LogP contribution >= 0.6 is 11.6 Å². The number of fused-ring (bicyclic) bond motifs is 1. The van der Waals surface area contributed by atoms with E-state index in [1.54, 1.807) is 30.5 Å². The quantitative estimate of drug-likeness (QED) is 0.344. The molecule has 1 heterocycles. The molecule has 3 aromatic carbocycles. The first-order chi connectivity index (χ1) is 14.7. The molecule has 30 heavy (non-hydrogen) atoms. The van der Waals surface area contributed by atoms with Crippen LogP contribution in [0.3, 0.4) is 0 Å². The minimum absolute atomic E-state index is 0.130. The van der Waals surface area contributed by atoms with Crippen LogP contribution in [0.15, 0.2) is 90.2 Å². The highest BCUT2D eigenvalue weighted by Gasteiger charge is 2.07. The van der Waals surface area contributed by atoms with E-state index < -0.39 is 0 Å². The number of halogens is 1. The average molecular weight is 418 g/mol. The molecule has 0 aliphatic carbocycles. The second-order valence-electron chi connectivity index (χ2n) is 6.75. The maximum atomic E-state index is 12.0. The number of ether oxygens (including phenoxy) is 1. The summed E-state index contributed by atoms with van der Waals surface area (Å²) >= 11 is 5.83. The number of nitrogens with one attached hydrogen (secondary N) is 1. The van der Waals surface area contributed by atoms with Crippen LogP contribution in [0.1, 0.15) is 11.1 Å². The van der Waals surface area contributed by atoms with Gasteiger partial charge < -0.3 is 9.30 Å². The molecule has 6 heteroatoms. The number of carbonyl (C=O) groups excluding carboxylic acids is 1. The van der Waals surface area contributed by atoms with Crippen molar-refractivity contribution in [3.63, 3.8) is 0 Å². The zero-order valence-electron chi connectivity index (χ0n) is 16.2. The largest absolute Gasteiger partial charge is 0.484 e. The molecule has 0 atom stereocenters. The second-order valence-corrected chi connectivity index (χ2v) is 7.19. The number of amides is 1. The van der Waals surface area contributed by atoms with Gasteiger partial charge in [0, 0.05) is 34.2 Å². The van der Waals surface area contributed by atoms with Gasteiger partial charge in [0.05, 0.1) is 6.21 Å². The van der Waals surface area contributed by atoms with E-state index in [2.05, 4.69) is 33.3 Å². The van der Waals surface area contributed by atoms with Gasteiger partial charge in [0.15, 0.2) is 6.61 Å². The van der Waals surface area contributed by atoms with Gasteiger partial charge >= 0.3 is 0 Å². The summed E-state index contributed by atoms with van der Waals surface area (Å²) in [5.41, 5.74) is 5.77. The maximum absolute atomic E-state index is 12.0. The minimum atomic E-state index is -0.339. The van der Waals surface area contributed by atoms with Crippen LogP contribution in [-0.4, -0.2) is 23.3 Å². The summed E-state index contributed by atoms with van der Waals surface area (Å²) in [6, 6.07) is 25.2. The SMILES string of the molecule is O=C(COc1ccc(Cl)cc1)N/N=C/c1cn(Cc2ccccc2)c2ccccc12. The Hall–Kier alpha value is -3.57. The van der Waals surface area contributed by atoms with Gasteiger partial charge in [-0.15, -0.1) is 0 Å². The van der Waals surface area contributed by atoms with Crippen molar-refractivity contribution in [1.29, 1.82) is 0 Å². The zero-order chi connectivity index (χ0) is 20.8. The lowest BCUT2D eigenvalue weighted by Crippen LogP contribution is -2.24. The van der Waals surface area contributed by atoms with Crippen molar-refractivity contribution in [2.75, 3.05) is 6.61 Å². The van der Waals surface area contributed by atoms with E-state index in [9.17, 15) is 4.79 Å². The molecular weight excluding hydrogens is 398 g/mol. The van der Waals surface area contributed by atoms with Crippen molar-refractivity contribution in [2.24, 2.45) is 5.10 Å². The van der Waals surface area contributed by atoms with Crippen molar-refractivity contribution >= 4 is 34.6 Å². The minimum Gasteiger partial charge on any atom is -0.484 e. The molecule has 0 radical (unpaired) electrons. The molecule has 1 aromatic heterocycles. The van der Waals surface area contributed by atoms with Gasteiger partial charge in [-0.3, -0.25) is 4.79 Å². The Morgan fingerprint density at radius 2 is 1.73 bits per heavy atom. The number of rotatable bonds is 7. The summed E-state index contributed by atoms with van der Waals surface area (Å²) in [6.07, 6.45) is 3.70. The Morgan fingerprint density at radius 1 is 1.00 bits per heavy atom. The van der Waals surface area contributed by atoms with Crippen LogP contribution in [0.5, 0.6) is 5.75 Å². The molecule has 0 aliphatic heterocycles. The normalized spacial score (nSPS) is 11.1. The number of nitrogens with zero attached hydrogens (tertiary/aromatic N) is 2. The second kappa shape index (κ2) is 9.29. The first kappa shape index (κ1) is 19.7. The van der Waals surface area contributed by atoms with Crippen molar-refractivity contribution in [3.05, 3.63) is 101 Å². The number of carbonyl (C=O) groups is 1. The fraction of sp³-hybridized carbons (Fsp3) is 0.0833. The summed E-state index contributed by atoms with van der Waals surface area (Å²) in [5, 5.41) is 5.79. The molecular formula is C24H20ClN3O2. The van der Waals surface area contributed by atoms with Crippen LogP contribution in [0.4, 0.5) is 0 Å². The first-order valence-corrected chi connectivity index (χ1v) is 9.89. The van der Waals surface area contributed by atoms with E-state index in [4.69, 9.17) is 16.3 Å². The van der Waals surface area contributed by atoms with Crippen LogP contribution in [0, 0.1) is 0 Å². The number of hydrazone groups is 1. The van der Waals surface area contributed by atoms with Crippen LogP contribution < -0.4 is 10.2 Å². The summed E-state index contributed by atoms with van der Waals surface area (Å²) < 4.78 is 7.60. The highest BCUT2D eigenvalue weighted by Crippen LogP contribution is 2.21. The molecule has 0 fully saturated rings. The summed E-state index contributed by atoms with van der Waals surface area (Å²) in [4.78, 5) is 12.0. The van der Waals surface area contributed by atoms with Crippen molar-refractivity contribution in [2.45, 2.75) is 6.54 Å². The molecule has 0 saturated heterocycles. The van der Waals surface area contributed by atoms with Gasteiger partial charge in [-0.25, -0.2) is 5.43 Å². The number of hydrogen-bond acceptors (Lipinski definition) is 3. The van der Waals surface area contributed by atoms with E-state index in [0.29, 0.717) is 10.8 Å². The predicted octanol–water partition coefficient (Wildman–Crippen LogP) is 4.87. The van der Waals surface area contributed by atoms with Crippen LogP contribution in [0.25, 0.3) is 10.9 Å². The smallest absolute Gasteiger partial charge is 0.277 e. The molecule has 0 aliphatic rings. The van der Waals surface area contributed by atoms with Gasteiger partial charge in [-0.05, 0) is 35.9 Å². The first-order valence-electron chi connectivity index (χ1n) is 9.51. The Balaban J connectivity index is 1.42. The Bertz CT molecular complexity index is 1170. The van der Waals surface area contributed by atoms with E-state index in [-0.39, 0.29) is 12.5 Å². The van der Waals surface area contributed by atoms with E-state index in [0.717, 1.165) is 23.0 Å². The third kappa shape index (κ3) is 4.88. The molecule has 150 valence electrons. The zero-order valence-corrected chi connectivity index (χ0v) is 16.9. The lowest BCUT2D eigenvalue weighted by Gasteiger charge is -2.05. The van der Waals surface area contributed by atoms with E-state index >= 15 is 0 Å². The van der Waals surface area contributed by atoms with Gasteiger partial charge in [-0.1, -0.05) is 60.1 Å². The van der Waals surface area contributed by atoms with E-state index in [1.165, 1.54) is 5.56 Å². The van der Waals surface area contributed by atoms with Gasteiger partial charge in [0.2, 0.25) is 0 Å². The van der Waals surface area contributed by atoms with Gasteiger partial charge in [0.1, 0.15) is 5.75 Å². The molecule has 1 amide bonds. The van der Waals surface area contributed by atoms with Crippen LogP contribution in [-0.2, 0) is 11.3 Å². The predicted molar refractivity (Wildman–Crippen MR) is 120 cm³/mol. The molecule has 4 aromatic rings. The van der Waals surface area contributed by atoms with E-state index in [1.807, 2.05) is 42.6 Å². The molecule has 0 unspecified atom stereocenters. The standard InChI is InChI=1S/C24H20ClN3O2/c25-20-10-12-21(13-11-20)30-17-24(29)27-26-14-19-16-28(15-18-6-2-1-3-7-18)23-9-5-4-8-22(19)23/h1-14,16H,15,17H2,(H,27,29)/b26-14+. The maximum Gasteiger partial charge on any atom is 0.277 e. The molecule has 5 nitrogen and oxygen atoms in total. The number of benzene rings is 3. The Morgan fingerprint density at radius 3 is 2.53 bits per heavy atom. The molecule has 0 bridgehead atoms. The van der Waals surface area contributed by atoms with Crippen molar-refractivity contribution in [3.8, 4) is 5.75 Å². The summed E-state index contributed by atoms with van der Waals surface area (Å²) in [7, 11) is 0. The molecule has 0 spiro atoms. The van der Waals surface area contributed by atoms with Gasteiger partial charge in [-0.2, -0.15) is 5.10 Å². The summed E-state index contributed by atoms with van der Waals surface area (Å²) in [6.45, 7) is 0.630. The average Bonchev–Trinajstić information content (AvgIpc) is 3.12. The molecule has 0 saturated carbocycles. The lowest BCUT2D eigenvalue weighted by molar-refractivity contribution is -0.123. The molecule has 4 rings (SSSR count). The van der Waals surface area contributed by atoms with Crippen LogP contribution in [0.2, 0.25) is 5.02 Å².